The molecule has 3 heterocycles. The van der Waals surface area contributed by atoms with Gasteiger partial charge in [-0.15, -0.1) is 10.2 Å². The van der Waals surface area contributed by atoms with Gasteiger partial charge in [0.15, 0.2) is 6.39 Å². The Kier molecular flexibility index (Phi) is 27.9. The Bertz CT molecular complexity index is 1150. The van der Waals surface area contributed by atoms with Crippen LogP contribution in [0, 0.1) is 14.1 Å². The van der Waals surface area contributed by atoms with Gasteiger partial charge < -0.3 is 28.0 Å². The molecule has 3 rings (SSSR count). The van der Waals surface area contributed by atoms with E-state index in [-0.39, 0.29) is 57.2 Å². The molecule has 1 radical (unpaired) electrons. The fourth-order valence-corrected chi connectivity index (χ4v) is 2.49. The summed E-state index contributed by atoms with van der Waals surface area (Å²) in [6, 6.07) is 1.07. The molecule has 0 saturated heterocycles. The zero-order chi connectivity index (χ0) is 32.8. The Morgan fingerprint density at radius 1 is 1.02 bits per heavy atom. The van der Waals surface area contributed by atoms with Crippen molar-refractivity contribution in [1.82, 2.24) is 39.2 Å². The molecule has 1 amide bonds. The van der Waals surface area contributed by atoms with Crippen molar-refractivity contribution in [3.8, 4) is 0 Å². The van der Waals surface area contributed by atoms with Gasteiger partial charge in [-0.3, -0.25) is 9.55 Å². The van der Waals surface area contributed by atoms with Crippen molar-refractivity contribution in [2.75, 3.05) is 6.54 Å². The maximum absolute atomic E-state index is 10.9. The fraction of sp³-hybridized carbons (Fsp3) is 0.593. The molecule has 241 valence electrons. The van der Waals surface area contributed by atoms with E-state index in [1.807, 2.05) is 46.1 Å². The Labute approximate surface area is 291 Å². The van der Waals surface area contributed by atoms with E-state index in [9.17, 15) is 14.4 Å². The van der Waals surface area contributed by atoms with Gasteiger partial charge in [0.2, 0.25) is 0 Å². The molecule has 0 aromatic carbocycles. The van der Waals surface area contributed by atoms with Crippen LogP contribution >= 0.6 is 0 Å². The molecule has 43 heavy (non-hydrogen) atoms. The minimum Gasteiger partial charge on any atom is -0.608 e. The first-order valence-electron chi connectivity index (χ1n) is 13.4. The number of amides is 1. The normalized spacial score (nSPS) is 10.0. The van der Waals surface area contributed by atoms with E-state index in [4.69, 9.17) is 4.42 Å². The van der Waals surface area contributed by atoms with Crippen molar-refractivity contribution >= 4 is 5.91 Å². The van der Waals surface area contributed by atoms with Crippen LogP contribution in [0.1, 0.15) is 93.0 Å². The maximum Gasteiger partial charge on any atom is 0.350 e. The van der Waals surface area contributed by atoms with Gasteiger partial charge in [-0.1, -0.05) is 27.7 Å². The van der Waals surface area contributed by atoms with Gasteiger partial charge in [-0.25, -0.2) is 14.6 Å². The molecule has 0 aliphatic carbocycles. The summed E-state index contributed by atoms with van der Waals surface area (Å²) >= 11 is 1.08. The monoisotopic (exact) mass is 848 g/mol. The number of carbonyl (C=O) groups excluding carboxylic acids is 1. The van der Waals surface area contributed by atoms with Crippen molar-refractivity contribution in [3.63, 3.8) is 0 Å². The molecule has 0 atom stereocenters. The van der Waals surface area contributed by atoms with Gasteiger partial charge in [-0.2, -0.15) is 4.98 Å². The van der Waals surface area contributed by atoms with Gasteiger partial charge in [0.05, 0.1) is 6.20 Å². The molecule has 3 aromatic rings. The summed E-state index contributed by atoms with van der Waals surface area (Å²) in [5.74, 6) is 1.29. The third-order valence-corrected chi connectivity index (χ3v) is 5.15. The minimum absolute atomic E-state index is 0. The Hall–Kier alpha value is -2.02. The summed E-state index contributed by atoms with van der Waals surface area (Å²) in [4.78, 5) is 43.0. The number of aromatic amines is 1. The standard InChI is InChI=1S/C6H9N3O2.C6H9NO.C5H9N3.C5H10N2O.C5H11N.W.Y/c1-4(2)9-3-7-5(10)8-6(9)11;1-5(2)6-3-7-4-8-6;1-5(2)8-3-6-7-4-8;1-4(2)7-5(8)3-6;1-5(2)6(3)4;;/h3-4H,1-2H3,(H,8,10,11);2*3-5H,1-2H3;4H,3H2,1-2H3,(H,7,8);5H,3-4H2,1-2H3;;/q;;;;-2;;/p-1. The maximum atomic E-state index is 10.9. The largest absolute Gasteiger partial charge is 0.608 e. The summed E-state index contributed by atoms with van der Waals surface area (Å²) < 4.78 is 12.0. The van der Waals surface area contributed by atoms with Crippen LogP contribution in [0.5, 0.6) is 0 Å². The van der Waals surface area contributed by atoms with Crippen LogP contribution < -0.4 is 11.4 Å². The number of oxazole rings is 1. The topological polar surface area (TPSA) is 171 Å². The number of hydrogen-bond donors (Lipinski definition) is 1. The minimum atomic E-state index is -0.605. The van der Waals surface area contributed by atoms with Crippen molar-refractivity contribution in [2.45, 2.75) is 99.3 Å². The number of nitrogens with zero attached hydrogens (tertiary/aromatic N) is 9. The zero-order valence-corrected chi connectivity index (χ0v) is 32.8. The van der Waals surface area contributed by atoms with E-state index in [1.54, 1.807) is 23.8 Å². The Morgan fingerprint density at radius 3 is 1.84 bits per heavy atom. The molecule has 0 aliphatic rings. The first kappa shape index (κ1) is 45.4. The smallest absolute Gasteiger partial charge is 0.350 e. The van der Waals surface area contributed by atoms with Crippen LogP contribution in [0.2, 0.25) is 0 Å². The third-order valence-electron chi connectivity index (χ3n) is 4.69. The quantitative estimate of drug-likeness (QED) is 0.337. The number of carbonyl (C=O) groups is 1. The van der Waals surface area contributed by atoms with Crippen LogP contribution in [-0.2, 0) is 57.1 Å². The number of rotatable bonds is 7. The van der Waals surface area contributed by atoms with E-state index in [1.165, 1.54) is 17.3 Å². The van der Waals surface area contributed by atoms with Crippen LogP contribution in [0.25, 0.3) is 5.32 Å². The van der Waals surface area contributed by atoms with Gasteiger partial charge in [0.25, 0.3) is 0 Å². The molecular weight excluding hydrogens is 801 g/mol. The molecule has 14 nitrogen and oxygen atoms in total. The average Bonchev–Trinajstić information content (AvgIpc) is 3.60. The summed E-state index contributed by atoms with van der Waals surface area (Å²) in [6.07, 6.45) is 7.86. The average molecular weight is 848 g/mol. The van der Waals surface area contributed by atoms with E-state index in [0.29, 0.717) is 18.0 Å². The van der Waals surface area contributed by atoms with Gasteiger partial charge >= 0.3 is 77.0 Å². The predicted molar refractivity (Wildman–Crippen MR) is 159 cm³/mol. The van der Waals surface area contributed by atoms with Gasteiger partial charge in [0, 0.05) is 50.7 Å². The summed E-state index contributed by atoms with van der Waals surface area (Å²) in [7, 11) is 7.12. The molecular formula is C27H47N10O4WY-3. The van der Waals surface area contributed by atoms with Crippen molar-refractivity contribution in [2.24, 2.45) is 3.50 Å². The molecule has 16 heteroatoms. The Balaban J connectivity index is -0.000000469. The number of aromatic nitrogens is 7. The molecule has 0 saturated carbocycles. The molecule has 3 aromatic heterocycles. The number of nitrogens with one attached hydrogen (secondary N) is 1. The molecule has 0 bridgehead atoms. The second-order valence-corrected chi connectivity index (χ2v) is 11.1. The predicted octanol–water partition coefficient (Wildman–Crippen LogP) is 4.47. The molecule has 0 unspecified atom stereocenters. The SMILES string of the molecule is CC(C)[N-]C(=O)C[N]=[W].CC(C)c1cnco1.CC(C)n1cnc(=O)[nH]c1=O.CC(C)n1cnnc1.[CH2-]N([CH2-])C(C)C.[Y]. The molecule has 1 N–H and O–H groups in total. The van der Waals surface area contributed by atoms with Crippen molar-refractivity contribution < 1.29 is 61.6 Å². The number of H-pyrrole nitrogens is 1. The summed E-state index contributed by atoms with van der Waals surface area (Å²) in [5.41, 5.74) is -1.02. The molecule has 0 fully saturated rings. The first-order chi connectivity index (χ1) is 19.5. The second kappa shape index (κ2) is 26.4. The van der Waals surface area contributed by atoms with E-state index in [0.717, 1.165) is 25.4 Å². The Morgan fingerprint density at radius 2 is 1.56 bits per heavy atom. The van der Waals surface area contributed by atoms with Crippen molar-refractivity contribution in [3.05, 3.63) is 77.7 Å². The van der Waals surface area contributed by atoms with Gasteiger partial charge in [-0.05, 0) is 33.7 Å². The summed E-state index contributed by atoms with van der Waals surface area (Å²) in [6.45, 7) is 20.1. The second-order valence-electron chi connectivity index (χ2n) is 10.1. The van der Waals surface area contributed by atoms with E-state index >= 15 is 0 Å². The van der Waals surface area contributed by atoms with E-state index in [2.05, 4.69) is 75.8 Å². The zero-order valence-electron chi connectivity index (χ0n) is 27.0. The fourth-order valence-electron chi connectivity index (χ4n) is 2.09. The van der Waals surface area contributed by atoms with Crippen molar-refractivity contribution in [1.29, 1.82) is 0 Å². The van der Waals surface area contributed by atoms with Gasteiger partial charge in [0.1, 0.15) is 24.7 Å². The molecule has 0 aliphatic heterocycles. The number of hydrogen-bond acceptors (Lipinski definition) is 10. The van der Waals surface area contributed by atoms with Crippen LogP contribution in [0.4, 0.5) is 0 Å². The van der Waals surface area contributed by atoms with Crippen LogP contribution in [0.3, 0.4) is 0 Å². The van der Waals surface area contributed by atoms with Crippen LogP contribution in [0.15, 0.2) is 49.1 Å². The third kappa shape index (κ3) is 25.1. The van der Waals surface area contributed by atoms with E-state index < -0.39 is 11.4 Å². The molecule has 0 spiro atoms. The summed E-state index contributed by atoms with van der Waals surface area (Å²) in [5, 5.41) is 11.1. The van der Waals surface area contributed by atoms with Crippen LogP contribution in [-0.4, -0.2) is 63.7 Å². The first-order valence-corrected chi connectivity index (χ1v) is 14.7.